The lowest BCUT2D eigenvalue weighted by Crippen LogP contribution is -2.37. The van der Waals surface area contributed by atoms with Gasteiger partial charge in [0.15, 0.2) is 0 Å². The summed E-state index contributed by atoms with van der Waals surface area (Å²) in [7, 11) is -3.77. The molecule has 0 bridgehead atoms. The molecule has 4 rings (SSSR count). The molecule has 29 heavy (non-hydrogen) atoms. The average Bonchev–Trinajstić information content (AvgIpc) is 2.87. The molecule has 1 amide bonds. The van der Waals surface area contributed by atoms with E-state index in [0.29, 0.717) is 11.1 Å². The Morgan fingerprint density at radius 1 is 1.07 bits per heavy atom. The number of benzene rings is 3. The lowest BCUT2D eigenvalue weighted by molar-refractivity contribution is -0.119. The number of nitrogens with one attached hydrogen (secondary N) is 1. The van der Waals surface area contributed by atoms with Gasteiger partial charge in [-0.3, -0.25) is 9.10 Å². The number of hydrazone groups is 1. The zero-order valence-electron chi connectivity index (χ0n) is 16.4. The van der Waals surface area contributed by atoms with Gasteiger partial charge in [-0.1, -0.05) is 42.0 Å². The van der Waals surface area contributed by atoms with Crippen LogP contribution in [0.15, 0.2) is 58.5 Å². The van der Waals surface area contributed by atoms with Crippen molar-refractivity contribution in [3.63, 3.8) is 0 Å². The molecule has 148 valence electrons. The Labute approximate surface area is 169 Å². The average molecular weight is 407 g/mol. The van der Waals surface area contributed by atoms with Crippen molar-refractivity contribution in [2.75, 3.05) is 10.8 Å². The molecule has 1 heterocycles. The molecule has 1 aliphatic heterocycles. The van der Waals surface area contributed by atoms with Crippen LogP contribution in [-0.2, 0) is 14.8 Å². The molecular formula is C22H21N3O3S. The first kappa shape index (κ1) is 19.1. The van der Waals surface area contributed by atoms with Gasteiger partial charge >= 0.3 is 0 Å². The molecule has 0 saturated carbocycles. The number of carbonyl (C=O) groups excluding carboxylic acids is 1. The Morgan fingerprint density at radius 3 is 2.41 bits per heavy atom. The number of amides is 1. The number of hydrogen-bond donors (Lipinski definition) is 1. The lowest BCUT2D eigenvalue weighted by Gasteiger charge is -2.17. The second-order valence-corrected chi connectivity index (χ2v) is 9.08. The van der Waals surface area contributed by atoms with Crippen molar-refractivity contribution in [3.8, 4) is 0 Å². The van der Waals surface area contributed by atoms with Crippen LogP contribution in [0.5, 0.6) is 0 Å². The summed E-state index contributed by atoms with van der Waals surface area (Å²) in [6.45, 7) is 5.66. The van der Waals surface area contributed by atoms with Crippen LogP contribution >= 0.6 is 0 Å². The van der Waals surface area contributed by atoms with Gasteiger partial charge in [-0.05, 0) is 49.4 Å². The van der Waals surface area contributed by atoms with Crippen molar-refractivity contribution in [2.45, 2.75) is 25.7 Å². The fourth-order valence-corrected chi connectivity index (χ4v) is 5.52. The third-order valence-corrected chi connectivity index (χ3v) is 6.89. The second kappa shape index (κ2) is 7.00. The SMILES string of the molecule is Cc1cc(C)c(/C=N\NC(=O)CN2c3cccc4cccc(c34)S2(=O)=O)c(C)c1. The maximum atomic E-state index is 12.9. The summed E-state index contributed by atoms with van der Waals surface area (Å²) in [5.41, 5.74) is 7.18. The van der Waals surface area contributed by atoms with Crippen LogP contribution in [0.1, 0.15) is 22.3 Å². The number of rotatable bonds is 4. The molecule has 1 N–H and O–H groups in total. The summed E-state index contributed by atoms with van der Waals surface area (Å²) < 4.78 is 27.0. The first-order valence-electron chi connectivity index (χ1n) is 9.23. The van der Waals surface area contributed by atoms with E-state index in [1.165, 1.54) is 0 Å². The smallest absolute Gasteiger partial charge is 0.265 e. The highest BCUT2D eigenvalue weighted by Crippen LogP contribution is 2.41. The van der Waals surface area contributed by atoms with E-state index < -0.39 is 15.9 Å². The van der Waals surface area contributed by atoms with Gasteiger partial charge in [0.1, 0.15) is 6.54 Å². The summed E-state index contributed by atoms with van der Waals surface area (Å²) in [4.78, 5) is 12.7. The third kappa shape index (κ3) is 3.27. The zero-order chi connectivity index (χ0) is 20.8. The van der Waals surface area contributed by atoms with Crippen LogP contribution < -0.4 is 9.73 Å². The van der Waals surface area contributed by atoms with E-state index in [4.69, 9.17) is 0 Å². The summed E-state index contributed by atoms with van der Waals surface area (Å²) in [6.07, 6.45) is 1.59. The quantitative estimate of drug-likeness (QED) is 0.532. The molecule has 0 unspecified atom stereocenters. The Hall–Kier alpha value is -3.19. The van der Waals surface area contributed by atoms with E-state index in [1.807, 2.05) is 45.0 Å². The highest BCUT2D eigenvalue weighted by Gasteiger charge is 2.36. The Kier molecular flexibility index (Phi) is 4.62. The van der Waals surface area contributed by atoms with E-state index in [2.05, 4.69) is 10.5 Å². The molecule has 0 aromatic heterocycles. The topological polar surface area (TPSA) is 78.8 Å². The summed E-state index contributed by atoms with van der Waals surface area (Å²) >= 11 is 0. The number of hydrogen-bond acceptors (Lipinski definition) is 4. The van der Waals surface area contributed by atoms with Crippen LogP contribution in [0.3, 0.4) is 0 Å². The molecular weight excluding hydrogens is 386 g/mol. The fraction of sp³-hybridized carbons (Fsp3) is 0.182. The standard InChI is InChI=1S/C22H21N3O3S/c1-14-10-15(2)18(16(3)11-14)12-23-24-21(26)13-25-19-8-4-6-17-7-5-9-20(22(17)19)29(25,27)28/h4-12H,13H2,1-3H3,(H,24,26)/b23-12-. The molecule has 6 nitrogen and oxygen atoms in total. The number of nitrogens with zero attached hydrogens (tertiary/aromatic N) is 2. The minimum atomic E-state index is -3.77. The lowest BCUT2D eigenvalue weighted by atomic mass is 10.0. The van der Waals surface area contributed by atoms with Crippen molar-refractivity contribution >= 4 is 38.6 Å². The molecule has 0 spiro atoms. The summed E-state index contributed by atoms with van der Waals surface area (Å²) in [6, 6.07) is 14.6. The molecule has 0 saturated heterocycles. The Balaban J connectivity index is 1.55. The summed E-state index contributed by atoms with van der Waals surface area (Å²) in [5, 5.41) is 5.51. The molecule has 7 heteroatoms. The normalized spacial score (nSPS) is 14.7. The highest BCUT2D eigenvalue weighted by atomic mass is 32.2. The predicted octanol–water partition coefficient (Wildman–Crippen LogP) is 3.42. The second-order valence-electron chi connectivity index (χ2n) is 7.25. The van der Waals surface area contributed by atoms with Crippen LogP contribution in [0.25, 0.3) is 10.8 Å². The van der Waals surface area contributed by atoms with Gasteiger partial charge in [-0.25, -0.2) is 13.8 Å². The largest absolute Gasteiger partial charge is 0.271 e. The van der Waals surface area contributed by atoms with Gasteiger partial charge in [-0.2, -0.15) is 5.10 Å². The molecule has 0 aliphatic carbocycles. The van der Waals surface area contributed by atoms with E-state index >= 15 is 0 Å². The van der Waals surface area contributed by atoms with E-state index in [1.54, 1.807) is 30.5 Å². The molecule has 1 aliphatic rings. The van der Waals surface area contributed by atoms with Gasteiger partial charge in [0, 0.05) is 10.9 Å². The van der Waals surface area contributed by atoms with Crippen molar-refractivity contribution < 1.29 is 13.2 Å². The van der Waals surface area contributed by atoms with Crippen molar-refractivity contribution in [1.82, 2.24) is 5.43 Å². The highest BCUT2D eigenvalue weighted by molar-refractivity contribution is 7.93. The fourth-order valence-electron chi connectivity index (χ4n) is 3.86. The van der Waals surface area contributed by atoms with Crippen LogP contribution in [0.2, 0.25) is 0 Å². The van der Waals surface area contributed by atoms with Crippen molar-refractivity contribution in [3.05, 3.63) is 70.8 Å². The van der Waals surface area contributed by atoms with Crippen LogP contribution in [0.4, 0.5) is 5.69 Å². The summed E-state index contributed by atoms with van der Waals surface area (Å²) in [5.74, 6) is -0.503. The van der Waals surface area contributed by atoms with Gasteiger partial charge in [-0.15, -0.1) is 0 Å². The zero-order valence-corrected chi connectivity index (χ0v) is 17.2. The maximum absolute atomic E-state index is 12.9. The van der Waals surface area contributed by atoms with E-state index in [0.717, 1.165) is 31.9 Å². The monoisotopic (exact) mass is 407 g/mol. The first-order valence-corrected chi connectivity index (χ1v) is 10.7. The first-order chi connectivity index (χ1) is 13.8. The Morgan fingerprint density at radius 2 is 1.72 bits per heavy atom. The number of sulfonamides is 1. The van der Waals surface area contributed by atoms with E-state index in [-0.39, 0.29) is 11.4 Å². The van der Waals surface area contributed by atoms with Crippen molar-refractivity contribution in [2.24, 2.45) is 5.10 Å². The van der Waals surface area contributed by atoms with Crippen LogP contribution in [0, 0.1) is 20.8 Å². The van der Waals surface area contributed by atoms with Gasteiger partial charge in [0.25, 0.3) is 15.9 Å². The molecule has 0 fully saturated rings. The van der Waals surface area contributed by atoms with Crippen molar-refractivity contribution in [1.29, 1.82) is 0 Å². The maximum Gasteiger partial charge on any atom is 0.265 e. The van der Waals surface area contributed by atoms with Crippen LogP contribution in [-0.4, -0.2) is 27.1 Å². The van der Waals surface area contributed by atoms with E-state index in [9.17, 15) is 13.2 Å². The minimum absolute atomic E-state index is 0.229. The predicted molar refractivity (Wildman–Crippen MR) is 115 cm³/mol. The Bertz CT molecular complexity index is 1250. The molecule has 0 radical (unpaired) electrons. The van der Waals surface area contributed by atoms with Gasteiger partial charge in [0.2, 0.25) is 0 Å². The van der Waals surface area contributed by atoms with Gasteiger partial charge in [0.05, 0.1) is 16.8 Å². The number of carbonyl (C=O) groups is 1. The van der Waals surface area contributed by atoms with Gasteiger partial charge < -0.3 is 0 Å². The molecule has 3 aromatic rings. The number of aryl methyl sites for hydroxylation is 3. The third-order valence-electron chi connectivity index (χ3n) is 5.09. The molecule has 3 aromatic carbocycles. The molecule has 0 atom stereocenters. The number of anilines is 1. The minimum Gasteiger partial charge on any atom is -0.271 e.